The Kier molecular flexibility index (Phi) is 4.07. The molecule has 1 aromatic rings. The van der Waals surface area contributed by atoms with Crippen LogP contribution in [-0.2, 0) is 9.53 Å². The lowest BCUT2D eigenvalue weighted by Crippen LogP contribution is -2.07. The molecule has 9 nitrogen and oxygen atoms in total. The number of aliphatic hydroxyl groups excluding tert-OH is 1. The second-order valence-electron chi connectivity index (χ2n) is 2.57. The summed E-state index contributed by atoms with van der Waals surface area (Å²) < 4.78 is 4.66. The molecule has 0 aromatic carbocycles. The number of aromatic nitrogens is 4. The highest BCUT2D eigenvalue weighted by Crippen LogP contribution is 2.09. The van der Waals surface area contributed by atoms with Gasteiger partial charge in [-0.15, -0.1) is 15.3 Å². The molecule has 0 atom stereocenters. The van der Waals surface area contributed by atoms with Gasteiger partial charge >= 0.3 is 11.9 Å². The molecule has 1 heterocycles. The van der Waals surface area contributed by atoms with Crippen LogP contribution < -0.4 is 0 Å². The third-order valence-corrected chi connectivity index (χ3v) is 1.39. The summed E-state index contributed by atoms with van der Waals surface area (Å²) in [5, 5.41) is 28.5. The zero-order valence-electron chi connectivity index (χ0n) is 8.71. The van der Waals surface area contributed by atoms with Gasteiger partial charge in [-0.25, -0.2) is 4.79 Å². The molecule has 9 heteroatoms. The first-order valence-corrected chi connectivity index (χ1v) is 4.37. The number of aliphatic hydroxyl groups is 1. The van der Waals surface area contributed by atoms with E-state index in [2.05, 4.69) is 35.6 Å². The van der Waals surface area contributed by atoms with Crippen molar-refractivity contribution in [3.8, 4) is 0 Å². The molecule has 1 rings (SSSR count). The fourth-order valence-electron chi connectivity index (χ4n) is 0.754. The van der Waals surface area contributed by atoms with Crippen LogP contribution in [-0.4, -0.2) is 38.3 Å². The standard InChI is InChI=1S/C7H10N6O3/c1-3-16-6(15)5(4(2)14)8-9-7-10-12-13-11-7/h14H,3H2,1-2H3,(H,10,11,12,13)/b5-4+,9-8?. The molecule has 0 aliphatic rings. The van der Waals surface area contributed by atoms with Gasteiger partial charge in [0.2, 0.25) is 5.70 Å². The first kappa shape index (κ1) is 11.8. The van der Waals surface area contributed by atoms with Gasteiger partial charge in [0.1, 0.15) is 5.76 Å². The van der Waals surface area contributed by atoms with Crippen molar-refractivity contribution in [3.05, 3.63) is 11.5 Å². The molecule has 0 unspecified atom stereocenters. The van der Waals surface area contributed by atoms with Gasteiger partial charge in [-0.3, -0.25) is 0 Å². The molecular weight excluding hydrogens is 216 g/mol. The highest BCUT2D eigenvalue weighted by molar-refractivity contribution is 5.88. The van der Waals surface area contributed by atoms with Crippen LogP contribution in [0.3, 0.4) is 0 Å². The maximum absolute atomic E-state index is 11.3. The number of esters is 1. The summed E-state index contributed by atoms with van der Waals surface area (Å²) in [5.41, 5.74) is -0.299. The first-order valence-electron chi connectivity index (χ1n) is 4.37. The molecule has 1 aromatic heterocycles. The molecule has 2 N–H and O–H groups in total. The highest BCUT2D eigenvalue weighted by atomic mass is 16.5. The number of tetrazole rings is 1. The summed E-state index contributed by atoms with van der Waals surface area (Å²) in [4.78, 5) is 11.3. The number of H-pyrrole nitrogens is 1. The fraction of sp³-hybridized carbons (Fsp3) is 0.429. The minimum absolute atomic E-state index is 0.0527. The topological polar surface area (TPSA) is 126 Å². The summed E-state index contributed by atoms with van der Waals surface area (Å²) in [5.74, 6) is -1.12. The second kappa shape index (κ2) is 5.53. The molecule has 0 fully saturated rings. The summed E-state index contributed by atoms with van der Waals surface area (Å²) >= 11 is 0. The minimum Gasteiger partial charge on any atom is -0.510 e. The number of aromatic amines is 1. The van der Waals surface area contributed by atoms with Gasteiger partial charge in [0.15, 0.2) is 0 Å². The minimum atomic E-state index is -0.769. The number of ether oxygens (including phenoxy) is 1. The molecule has 0 saturated heterocycles. The zero-order chi connectivity index (χ0) is 12.0. The Balaban J connectivity index is 2.82. The van der Waals surface area contributed by atoms with E-state index >= 15 is 0 Å². The normalized spacial score (nSPS) is 12.6. The van der Waals surface area contributed by atoms with Gasteiger partial charge in [-0.2, -0.15) is 5.21 Å². The van der Waals surface area contributed by atoms with Crippen molar-refractivity contribution in [1.29, 1.82) is 0 Å². The van der Waals surface area contributed by atoms with E-state index in [1.807, 2.05) is 0 Å². The highest BCUT2D eigenvalue weighted by Gasteiger charge is 2.14. The molecule has 16 heavy (non-hydrogen) atoms. The van der Waals surface area contributed by atoms with Crippen LogP contribution in [0.4, 0.5) is 5.95 Å². The van der Waals surface area contributed by atoms with Gasteiger partial charge < -0.3 is 9.84 Å². The van der Waals surface area contributed by atoms with Crippen LogP contribution in [0, 0.1) is 0 Å². The van der Waals surface area contributed by atoms with Crippen molar-refractivity contribution in [2.24, 2.45) is 10.2 Å². The molecule has 86 valence electrons. The molecule has 0 bridgehead atoms. The van der Waals surface area contributed by atoms with E-state index in [9.17, 15) is 9.90 Å². The summed E-state index contributed by atoms with van der Waals surface area (Å²) in [6, 6.07) is 0. The van der Waals surface area contributed by atoms with E-state index in [0.29, 0.717) is 0 Å². The van der Waals surface area contributed by atoms with Crippen LogP contribution in [0.2, 0.25) is 0 Å². The van der Waals surface area contributed by atoms with Crippen LogP contribution in [0.5, 0.6) is 0 Å². The van der Waals surface area contributed by atoms with Gasteiger partial charge in [-0.05, 0) is 19.1 Å². The maximum atomic E-state index is 11.3. The SMILES string of the molecule is CCOC(=O)/C(N=Nc1nn[nH]n1)=C(/C)O. The first-order chi connectivity index (χ1) is 7.65. The number of nitrogens with zero attached hydrogens (tertiary/aromatic N) is 5. The number of hydrogen-bond donors (Lipinski definition) is 2. The Morgan fingerprint density at radius 1 is 1.62 bits per heavy atom. The molecule has 0 spiro atoms. The number of carbonyl (C=O) groups excluding carboxylic acids is 1. The predicted octanol–water partition coefficient (Wildman–Crippen LogP) is 0.636. The van der Waals surface area contributed by atoms with Crippen LogP contribution in [0.1, 0.15) is 13.8 Å². The largest absolute Gasteiger partial charge is 0.510 e. The van der Waals surface area contributed by atoms with E-state index in [1.165, 1.54) is 6.92 Å². The predicted molar refractivity (Wildman–Crippen MR) is 50.7 cm³/mol. The molecular formula is C7H10N6O3. The van der Waals surface area contributed by atoms with Crippen molar-refractivity contribution in [2.45, 2.75) is 13.8 Å². The van der Waals surface area contributed by atoms with Crippen molar-refractivity contribution >= 4 is 11.9 Å². The lowest BCUT2D eigenvalue weighted by atomic mass is 10.4. The number of azo groups is 1. The third kappa shape index (κ3) is 3.12. The van der Waals surface area contributed by atoms with Crippen LogP contribution in [0.25, 0.3) is 0 Å². The van der Waals surface area contributed by atoms with Crippen molar-refractivity contribution in [3.63, 3.8) is 0 Å². The third-order valence-electron chi connectivity index (χ3n) is 1.39. The number of nitrogens with one attached hydrogen (secondary N) is 1. The molecule has 0 aliphatic heterocycles. The number of carbonyl (C=O) groups is 1. The van der Waals surface area contributed by atoms with E-state index in [0.717, 1.165) is 0 Å². The summed E-state index contributed by atoms with van der Waals surface area (Å²) in [6.45, 7) is 3.10. The fourth-order valence-corrected chi connectivity index (χ4v) is 0.754. The molecule has 0 amide bonds. The number of hydrogen-bond acceptors (Lipinski definition) is 8. The van der Waals surface area contributed by atoms with Gasteiger partial charge in [0.25, 0.3) is 0 Å². The summed E-state index contributed by atoms with van der Waals surface area (Å²) in [7, 11) is 0. The lowest BCUT2D eigenvalue weighted by molar-refractivity contribution is -0.138. The van der Waals surface area contributed by atoms with Gasteiger partial charge in [-0.1, -0.05) is 5.10 Å². The Labute approximate surface area is 90.2 Å². The average Bonchev–Trinajstić information content (AvgIpc) is 2.70. The Morgan fingerprint density at radius 2 is 2.38 bits per heavy atom. The zero-order valence-corrected chi connectivity index (χ0v) is 8.71. The van der Waals surface area contributed by atoms with Crippen molar-refractivity contribution in [1.82, 2.24) is 20.6 Å². The van der Waals surface area contributed by atoms with Gasteiger partial charge in [0, 0.05) is 0 Å². The van der Waals surface area contributed by atoms with Crippen molar-refractivity contribution in [2.75, 3.05) is 6.61 Å². The Morgan fingerprint density at radius 3 is 2.88 bits per heavy atom. The van der Waals surface area contributed by atoms with Crippen molar-refractivity contribution < 1.29 is 14.6 Å². The molecule has 0 radical (unpaired) electrons. The summed E-state index contributed by atoms with van der Waals surface area (Å²) in [6.07, 6.45) is 0. The van der Waals surface area contributed by atoms with Crippen LogP contribution in [0.15, 0.2) is 21.7 Å². The molecule has 0 saturated carbocycles. The lowest BCUT2D eigenvalue weighted by Gasteiger charge is -2.00. The second-order valence-corrected chi connectivity index (χ2v) is 2.57. The number of rotatable bonds is 4. The average molecular weight is 226 g/mol. The Bertz CT molecular complexity index is 406. The van der Waals surface area contributed by atoms with E-state index in [-0.39, 0.29) is 24.0 Å². The Hall–Kier alpha value is -2.32. The quantitative estimate of drug-likeness (QED) is 0.335. The molecule has 0 aliphatic carbocycles. The smallest absolute Gasteiger partial charge is 0.362 e. The van der Waals surface area contributed by atoms with E-state index in [4.69, 9.17) is 0 Å². The van der Waals surface area contributed by atoms with Gasteiger partial charge in [0.05, 0.1) is 6.61 Å². The van der Waals surface area contributed by atoms with E-state index < -0.39 is 5.97 Å². The van der Waals surface area contributed by atoms with E-state index in [1.54, 1.807) is 6.92 Å². The monoisotopic (exact) mass is 226 g/mol. The van der Waals surface area contributed by atoms with Crippen LogP contribution >= 0.6 is 0 Å². The number of allylic oxidation sites excluding steroid dienone is 1. The maximum Gasteiger partial charge on any atom is 0.362 e.